The standard InChI is InChI=1S/C19H27F2N7O/c1-3-17-26-24-13-28(17)11-9-23-19(22-2)25-14-8-10-27(12-14)15-6-4-5-7-16(15)29-18(20)21/h4-7,13-14,18H,3,8-12H2,1-2H3,(H2,22,23,25). The van der Waals surface area contributed by atoms with Gasteiger partial charge in [-0.25, -0.2) is 0 Å². The quantitative estimate of drug-likeness (QED) is 0.514. The molecule has 1 unspecified atom stereocenters. The number of hydrogen-bond donors (Lipinski definition) is 2. The molecule has 0 radical (unpaired) electrons. The highest BCUT2D eigenvalue weighted by atomic mass is 19.3. The van der Waals surface area contributed by atoms with E-state index in [1.54, 1.807) is 31.6 Å². The molecule has 1 aromatic heterocycles. The van der Waals surface area contributed by atoms with Crippen molar-refractivity contribution < 1.29 is 13.5 Å². The average Bonchev–Trinajstić information content (AvgIpc) is 3.36. The van der Waals surface area contributed by atoms with Crippen LogP contribution in [0, 0.1) is 0 Å². The Labute approximate surface area is 169 Å². The third kappa shape index (κ3) is 5.55. The minimum atomic E-state index is -2.84. The summed E-state index contributed by atoms with van der Waals surface area (Å²) in [5.41, 5.74) is 0.680. The van der Waals surface area contributed by atoms with E-state index in [1.807, 2.05) is 22.5 Å². The number of hydrogen-bond acceptors (Lipinski definition) is 5. The van der Waals surface area contributed by atoms with Gasteiger partial charge in [0.05, 0.1) is 5.69 Å². The smallest absolute Gasteiger partial charge is 0.387 e. The summed E-state index contributed by atoms with van der Waals surface area (Å²) >= 11 is 0. The molecule has 0 aliphatic carbocycles. The summed E-state index contributed by atoms with van der Waals surface area (Å²) in [6.45, 7) is 2.06. The number of nitrogens with zero attached hydrogens (tertiary/aromatic N) is 5. The molecule has 2 heterocycles. The first kappa shape index (κ1) is 20.8. The lowest BCUT2D eigenvalue weighted by molar-refractivity contribution is -0.0495. The Morgan fingerprint density at radius 2 is 2.21 bits per heavy atom. The second-order valence-corrected chi connectivity index (χ2v) is 6.72. The molecule has 1 aromatic carbocycles. The lowest BCUT2D eigenvalue weighted by Gasteiger charge is -2.22. The van der Waals surface area contributed by atoms with Gasteiger partial charge in [-0.3, -0.25) is 4.99 Å². The van der Waals surface area contributed by atoms with Crippen molar-refractivity contribution in [2.24, 2.45) is 4.99 Å². The SMILES string of the molecule is CCc1nncn1CCNC(=NC)NC1CCN(c2ccccc2OC(F)F)C1. The van der Waals surface area contributed by atoms with Gasteiger partial charge in [0.2, 0.25) is 0 Å². The Morgan fingerprint density at radius 1 is 1.38 bits per heavy atom. The van der Waals surface area contributed by atoms with Crippen LogP contribution in [0.5, 0.6) is 5.75 Å². The van der Waals surface area contributed by atoms with Gasteiger partial charge in [-0.05, 0) is 18.6 Å². The van der Waals surface area contributed by atoms with Gasteiger partial charge in [-0.1, -0.05) is 19.1 Å². The van der Waals surface area contributed by atoms with Gasteiger partial charge in [0.1, 0.15) is 17.9 Å². The summed E-state index contributed by atoms with van der Waals surface area (Å²) in [6, 6.07) is 7.04. The highest BCUT2D eigenvalue weighted by Crippen LogP contribution is 2.31. The fourth-order valence-electron chi connectivity index (χ4n) is 3.43. The first-order chi connectivity index (χ1) is 14.1. The minimum Gasteiger partial charge on any atom is -0.433 e. The van der Waals surface area contributed by atoms with E-state index in [9.17, 15) is 8.78 Å². The number of aryl methyl sites for hydroxylation is 1. The number of halogens is 2. The van der Waals surface area contributed by atoms with E-state index in [0.717, 1.165) is 31.8 Å². The van der Waals surface area contributed by atoms with Gasteiger partial charge in [0.25, 0.3) is 0 Å². The number of guanidine groups is 1. The number of alkyl halides is 2. The predicted octanol–water partition coefficient (Wildman–Crippen LogP) is 1.89. The fraction of sp³-hybridized carbons (Fsp3) is 0.526. The van der Waals surface area contributed by atoms with E-state index in [1.165, 1.54) is 0 Å². The molecule has 0 bridgehead atoms. The average molecular weight is 407 g/mol. The molecule has 158 valence electrons. The van der Waals surface area contributed by atoms with Crippen LogP contribution in [0.25, 0.3) is 0 Å². The number of para-hydroxylation sites is 2. The van der Waals surface area contributed by atoms with Gasteiger partial charge < -0.3 is 24.8 Å². The Morgan fingerprint density at radius 3 is 2.97 bits per heavy atom. The van der Waals surface area contributed by atoms with Crippen LogP contribution >= 0.6 is 0 Å². The van der Waals surface area contributed by atoms with Crippen molar-refractivity contribution in [2.45, 2.75) is 39.0 Å². The molecule has 2 aromatic rings. The zero-order valence-electron chi connectivity index (χ0n) is 16.7. The van der Waals surface area contributed by atoms with Crippen LogP contribution in [0.15, 0.2) is 35.6 Å². The van der Waals surface area contributed by atoms with E-state index < -0.39 is 6.61 Å². The Balaban J connectivity index is 1.51. The van der Waals surface area contributed by atoms with Crippen LogP contribution in [0.2, 0.25) is 0 Å². The molecule has 2 N–H and O–H groups in total. The third-order valence-corrected chi connectivity index (χ3v) is 4.83. The molecule has 8 nitrogen and oxygen atoms in total. The molecule has 1 atom stereocenters. The number of anilines is 1. The maximum atomic E-state index is 12.7. The van der Waals surface area contributed by atoms with Crippen molar-refractivity contribution in [3.8, 4) is 5.75 Å². The van der Waals surface area contributed by atoms with Gasteiger partial charge >= 0.3 is 6.61 Å². The number of rotatable bonds is 8. The zero-order chi connectivity index (χ0) is 20.6. The van der Waals surface area contributed by atoms with E-state index in [2.05, 4.69) is 30.6 Å². The largest absolute Gasteiger partial charge is 0.433 e. The van der Waals surface area contributed by atoms with Gasteiger partial charge in [-0.15, -0.1) is 10.2 Å². The molecule has 0 spiro atoms. The normalized spacial score (nSPS) is 17.1. The molecular formula is C19H27F2N7O. The van der Waals surface area contributed by atoms with Crippen LogP contribution in [0.1, 0.15) is 19.2 Å². The fourth-order valence-corrected chi connectivity index (χ4v) is 3.43. The van der Waals surface area contributed by atoms with Crippen molar-refractivity contribution in [2.75, 3.05) is 31.6 Å². The second kappa shape index (κ2) is 10.0. The molecule has 0 amide bonds. The minimum absolute atomic E-state index is 0.155. The number of benzene rings is 1. The predicted molar refractivity (Wildman–Crippen MR) is 108 cm³/mol. The van der Waals surface area contributed by atoms with Crippen LogP contribution in [0.3, 0.4) is 0 Å². The topological polar surface area (TPSA) is 79.6 Å². The Kier molecular flexibility index (Phi) is 7.20. The first-order valence-electron chi connectivity index (χ1n) is 9.73. The molecule has 1 aliphatic rings. The van der Waals surface area contributed by atoms with Crippen molar-refractivity contribution in [3.63, 3.8) is 0 Å². The molecule has 0 saturated carbocycles. The zero-order valence-corrected chi connectivity index (χ0v) is 16.7. The molecule has 10 heteroatoms. The van der Waals surface area contributed by atoms with Crippen LogP contribution in [0.4, 0.5) is 14.5 Å². The van der Waals surface area contributed by atoms with E-state index in [-0.39, 0.29) is 11.8 Å². The molecule has 1 fully saturated rings. The summed E-state index contributed by atoms with van der Waals surface area (Å²) in [4.78, 5) is 6.33. The summed E-state index contributed by atoms with van der Waals surface area (Å²) in [5, 5.41) is 14.7. The number of aromatic nitrogens is 3. The maximum Gasteiger partial charge on any atom is 0.387 e. The molecule has 1 saturated heterocycles. The summed E-state index contributed by atoms with van der Waals surface area (Å²) in [5.74, 6) is 1.86. The van der Waals surface area contributed by atoms with Crippen LogP contribution in [-0.4, -0.2) is 60.1 Å². The lowest BCUT2D eigenvalue weighted by atomic mass is 10.2. The van der Waals surface area contributed by atoms with E-state index in [0.29, 0.717) is 24.7 Å². The maximum absolute atomic E-state index is 12.7. The van der Waals surface area contributed by atoms with Crippen LogP contribution < -0.4 is 20.3 Å². The second-order valence-electron chi connectivity index (χ2n) is 6.72. The number of ether oxygens (including phenoxy) is 1. The third-order valence-electron chi connectivity index (χ3n) is 4.83. The van der Waals surface area contributed by atoms with Crippen LogP contribution in [-0.2, 0) is 13.0 Å². The van der Waals surface area contributed by atoms with Crippen molar-refractivity contribution in [3.05, 3.63) is 36.4 Å². The summed E-state index contributed by atoms with van der Waals surface area (Å²) in [7, 11) is 1.73. The number of aliphatic imine (C=N–C) groups is 1. The van der Waals surface area contributed by atoms with Crippen molar-refractivity contribution in [1.82, 2.24) is 25.4 Å². The highest BCUT2D eigenvalue weighted by molar-refractivity contribution is 5.80. The molecule has 29 heavy (non-hydrogen) atoms. The van der Waals surface area contributed by atoms with E-state index >= 15 is 0 Å². The van der Waals surface area contributed by atoms with Crippen molar-refractivity contribution >= 4 is 11.6 Å². The van der Waals surface area contributed by atoms with Gasteiger partial charge in [0, 0.05) is 45.7 Å². The molecule has 3 rings (SSSR count). The van der Waals surface area contributed by atoms with Gasteiger partial charge in [0.15, 0.2) is 5.96 Å². The lowest BCUT2D eigenvalue weighted by Crippen LogP contribution is -2.45. The summed E-state index contributed by atoms with van der Waals surface area (Å²) < 4.78 is 32.0. The highest BCUT2D eigenvalue weighted by Gasteiger charge is 2.26. The summed E-state index contributed by atoms with van der Waals surface area (Å²) in [6.07, 6.45) is 3.43. The monoisotopic (exact) mass is 407 g/mol. The van der Waals surface area contributed by atoms with Gasteiger partial charge in [-0.2, -0.15) is 8.78 Å². The number of nitrogens with one attached hydrogen (secondary N) is 2. The Hall–Kier alpha value is -2.91. The van der Waals surface area contributed by atoms with Crippen molar-refractivity contribution in [1.29, 1.82) is 0 Å². The Bertz CT molecular complexity index is 811. The molecular weight excluding hydrogens is 380 g/mol. The first-order valence-corrected chi connectivity index (χ1v) is 9.73. The molecule has 1 aliphatic heterocycles. The van der Waals surface area contributed by atoms with E-state index in [4.69, 9.17) is 0 Å².